The highest BCUT2D eigenvalue weighted by Gasteiger charge is 2.25. The fraction of sp³-hybridized carbons (Fsp3) is 0.667. The monoisotopic (exact) mass is 274 g/mol. The van der Waals surface area contributed by atoms with E-state index in [-0.39, 0.29) is 5.54 Å². The maximum Gasteiger partial charge on any atom is 0.0237 e. The van der Waals surface area contributed by atoms with E-state index in [1.807, 2.05) is 0 Å². The molecule has 2 nitrogen and oxygen atoms in total. The molecule has 1 unspecified atom stereocenters. The summed E-state index contributed by atoms with van der Waals surface area (Å²) in [5, 5.41) is 3.66. The van der Waals surface area contributed by atoms with Crippen molar-refractivity contribution in [1.29, 1.82) is 0 Å². The summed E-state index contributed by atoms with van der Waals surface area (Å²) >= 11 is 0. The van der Waals surface area contributed by atoms with Gasteiger partial charge in [0.15, 0.2) is 0 Å². The Morgan fingerprint density at radius 1 is 1.20 bits per heavy atom. The lowest BCUT2D eigenvalue weighted by Gasteiger charge is -2.29. The normalized spacial score (nSPS) is 20.6. The van der Waals surface area contributed by atoms with Crippen molar-refractivity contribution >= 4 is 0 Å². The first kappa shape index (κ1) is 15.5. The molecule has 0 aliphatic carbocycles. The van der Waals surface area contributed by atoms with Crippen LogP contribution in [0, 0.1) is 13.8 Å². The van der Waals surface area contributed by atoms with Crippen LogP contribution in [0.5, 0.6) is 0 Å². The number of aryl methyl sites for hydroxylation is 2. The Balaban J connectivity index is 1.95. The molecule has 112 valence electrons. The van der Waals surface area contributed by atoms with Gasteiger partial charge in [-0.15, -0.1) is 0 Å². The second-order valence-electron chi connectivity index (χ2n) is 7.32. The van der Waals surface area contributed by atoms with Crippen LogP contribution in [0.2, 0.25) is 0 Å². The molecule has 1 fully saturated rings. The molecule has 0 bridgehead atoms. The second kappa shape index (κ2) is 6.28. The van der Waals surface area contributed by atoms with Crippen LogP contribution in [0.25, 0.3) is 0 Å². The summed E-state index contributed by atoms with van der Waals surface area (Å²) in [5.41, 5.74) is 4.47. The van der Waals surface area contributed by atoms with Crippen molar-refractivity contribution in [2.45, 2.75) is 65.6 Å². The van der Waals surface area contributed by atoms with E-state index in [0.717, 1.165) is 13.1 Å². The summed E-state index contributed by atoms with van der Waals surface area (Å²) in [4.78, 5) is 2.64. The fourth-order valence-electron chi connectivity index (χ4n) is 2.89. The minimum Gasteiger partial charge on any atom is -0.311 e. The Kier molecular flexibility index (Phi) is 4.87. The third-order valence-corrected chi connectivity index (χ3v) is 4.32. The van der Waals surface area contributed by atoms with Gasteiger partial charge in [0.25, 0.3) is 0 Å². The van der Waals surface area contributed by atoms with Crippen molar-refractivity contribution < 1.29 is 0 Å². The van der Waals surface area contributed by atoms with Gasteiger partial charge in [-0.05, 0) is 70.7 Å². The van der Waals surface area contributed by atoms with E-state index in [2.05, 4.69) is 63.0 Å². The van der Waals surface area contributed by atoms with Gasteiger partial charge in [0.2, 0.25) is 0 Å². The topological polar surface area (TPSA) is 15.3 Å². The van der Waals surface area contributed by atoms with Crippen LogP contribution in [-0.2, 0) is 6.54 Å². The molecule has 1 saturated heterocycles. The van der Waals surface area contributed by atoms with Crippen molar-refractivity contribution in [1.82, 2.24) is 10.2 Å². The van der Waals surface area contributed by atoms with Crippen molar-refractivity contribution in [2.24, 2.45) is 0 Å². The average Bonchev–Trinajstić information content (AvgIpc) is 2.78. The van der Waals surface area contributed by atoms with Gasteiger partial charge < -0.3 is 5.32 Å². The fourth-order valence-corrected chi connectivity index (χ4v) is 2.89. The maximum atomic E-state index is 3.66. The Morgan fingerprint density at radius 3 is 2.60 bits per heavy atom. The van der Waals surface area contributed by atoms with Crippen LogP contribution in [-0.4, -0.2) is 29.6 Å². The van der Waals surface area contributed by atoms with E-state index in [0.29, 0.717) is 6.04 Å². The molecule has 1 aliphatic rings. The van der Waals surface area contributed by atoms with Gasteiger partial charge in [0, 0.05) is 24.7 Å². The van der Waals surface area contributed by atoms with Crippen LogP contribution >= 0.6 is 0 Å². The second-order valence-corrected chi connectivity index (χ2v) is 7.32. The molecule has 2 heteroatoms. The van der Waals surface area contributed by atoms with Crippen LogP contribution in [0.3, 0.4) is 0 Å². The number of nitrogens with zero attached hydrogens (tertiary/aromatic N) is 1. The summed E-state index contributed by atoms with van der Waals surface area (Å²) in [6.07, 6.45) is 2.66. The summed E-state index contributed by atoms with van der Waals surface area (Å²) < 4.78 is 0. The smallest absolute Gasteiger partial charge is 0.0237 e. The summed E-state index contributed by atoms with van der Waals surface area (Å²) in [6, 6.07) is 7.58. The number of hydrogen-bond donors (Lipinski definition) is 1. The standard InChI is InChI=1S/C18H30N2/c1-14-8-9-16(11-15(14)2)13-20-10-6-7-17(20)12-19-18(3,4)5/h8-9,11,17,19H,6-7,10,12-13H2,1-5H3. The predicted molar refractivity (Wildman–Crippen MR) is 87.1 cm³/mol. The molecule has 1 aromatic carbocycles. The third-order valence-electron chi connectivity index (χ3n) is 4.32. The van der Waals surface area contributed by atoms with Crippen LogP contribution in [0.1, 0.15) is 50.3 Å². The van der Waals surface area contributed by atoms with Crippen LogP contribution in [0.15, 0.2) is 18.2 Å². The Labute approximate surface area is 124 Å². The van der Waals surface area contributed by atoms with E-state index in [4.69, 9.17) is 0 Å². The number of benzene rings is 1. The molecule has 0 aromatic heterocycles. The molecular formula is C18H30N2. The largest absolute Gasteiger partial charge is 0.311 e. The van der Waals surface area contributed by atoms with Crippen molar-refractivity contribution in [3.05, 3.63) is 34.9 Å². The molecule has 20 heavy (non-hydrogen) atoms. The van der Waals surface area contributed by atoms with Gasteiger partial charge in [-0.2, -0.15) is 0 Å². The molecule has 1 aromatic rings. The number of nitrogens with one attached hydrogen (secondary N) is 1. The highest BCUT2D eigenvalue weighted by atomic mass is 15.2. The molecule has 1 atom stereocenters. The Morgan fingerprint density at radius 2 is 1.95 bits per heavy atom. The molecule has 1 aliphatic heterocycles. The molecule has 1 heterocycles. The average molecular weight is 274 g/mol. The number of rotatable bonds is 4. The van der Waals surface area contributed by atoms with E-state index < -0.39 is 0 Å². The molecule has 0 saturated carbocycles. The summed E-state index contributed by atoms with van der Waals surface area (Å²) in [6.45, 7) is 14.6. The Hall–Kier alpha value is -0.860. The van der Waals surface area contributed by atoms with Crippen molar-refractivity contribution in [2.75, 3.05) is 13.1 Å². The Bertz CT molecular complexity index is 445. The minimum absolute atomic E-state index is 0.217. The van der Waals surface area contributed by atoms with Gasteiger partial charge in [0.1, 0.15) is 0 Å². The molecule has 0 radical (unpaired) electrons. The molecule has 0 spiro atoms. The maximum absolute atomic E-state index is 3.66. The summed E-state index contributed by atoms with van der Waals surface area (Å²) in [7, 11) is 0. The first-order valence-electron chi connectivity index (χ1n) is 7.90. The van der Waals surface area contributed by atoms with Gasteiger partial charge in [0.05, 0.1) is 0 Å². The lowest BCUT2D eigenvalue weighted by atomic mass is 10.1. The van der Waals surface area contributed by atoms with Gasteiger partial charge in [-0.3, -0.25) is 4.90 Å². The van der Waals surface area contributed by atoms with E-state index >= 15 is 0 Å². The predicted octanol–water partition coefficient (Wildman–Crippen LogP) is 3.66. The minimum atomic E-state index is 0.217. The first-order chi connectivity index (χ1) is 9.35. The molecule has 1 N–H and O–H groups in total. The first-order valence-corrected chi connectivity index (χ1v) is 7.90. The SMILES string of the molecule is Cc1ccc(CN2CCCC2CNC(C)(C)C)cc1C. The number of hydrogen-bond acceptors (Lipinski definition) is 2. The van der Waals surface area contributed by atoms with Gasteiger partial charge >= 0.3 is 0 Å². The highest BCUT2D eigenvalue weighted by molar-refractivity contribution is 5.29. The third kappa shape index (κ3) is 4.32. The van der Waals surface area contributed by atoms with Crippen molar-refractivity contribution in [3.8, 4) is 0 Å². The van der Waals surface area contributed by atoms with Gasteiger partial charge in [-0.1, -0.05) is 18.2 Å². The van der Waals surface area contributed by atoms with Gasteiger partial charge in [-0.25, -0.2) is 0 Å². The van der Waals surface area contributed by atoms with Crippen LogP contribution < -0.4 is 5.32 Å². The zero-order valence-electron chi connectivity index (χ0n) is 13.8. The van der Waals surface area contributed by atoms with E-state index in [1.54, 1.807) is 0 Å². The quantitative estimate of drug-likeness (QED) is 0.901. The lowest BCUT2D eigenvalue weighted by Crippen LogP contribution is -2.44. The van der Waals surface area contributed by atoms with Crippen molar-refractivity contribution in [3.63, 3.8) is 0 Å². The highest BCUT2D eigenvalue weighted by Crippen LogP contribution is 2.21. The zero-order valence-corrected chi connectivity index (χ0v) is 13.8. The van der Waals surface area contributed by atoms with E-state index in [1.165, 1.54) is 36.1 Å². The molecule has 0 amide bonds. The lowest BCUT2D eigenvalue weighted by molar-refractivity contribution is 0.226. The zero-order chi connectivity index (χ0) is 14.8. The molecular weight excluding hydrogens is 244 g/mol. The summed E-state index contributed by atoms with van der Waals surface area (Å²) in [5.74, 6) is 0. The van der Waals surface area contributed by atoms with Crippen LogP contribution in [0.4, 0.5) is 0 Å². The number of likely N-dealkylation sites (tertiary alicyclic amines) is 1. The van der Waals surface area contributed by atoms with E-state index in [9.17, 15) is 0 Å². The molecule has 2 rings (SSSR count).